The van der Waals surface area contributed by atoms with Crippen LogP contribution in [0, 0.1) is 0 Å². The molecule has 0 aromatic carbocycles. The van der Waals surface area contributed by atoms with Crippen LogP contribution in [0.25, 0.3) is 0 Å². The Morgan fingerprint density at radius 3 is 1.42 bits per heavy atom. The van der Waals surface area contributed by atoms with Gasteiger partial charge in [0.1, 0.15) is 10.9 Å². The van der Waals surface area contributed by atoms with E-state index in [1.807, 2.05) is 0 Å². The van der Waals surface area contributed by atoms with Crippen LogP contribution in [0.5, 0.6) is 0 Å². The monoisotopic (exact) mass is 246 g/mol. The average Bonchev–Trinajstić information content (AvgIpc) is 2.11. The zero-order valence-corrected chi connectivity index (χ0v) is 10.2. The molecule has 0 spiro atoms. The summed E-state index contributed by atoms with van der Waals surface area (Å²) in [5.74, 6) is 1.19. The lowest BCUT2D eigenvalue weighted by Crippen LogP contribution is -2.15. The number of hydrogen-bond donors (Lipinski definition) is 4. The normalized spacial score (nSPS) is 16.0. The Morgan fingerprint density at radius 2 is 1.17 bits per heavy atom. The summed E-state index contributed by atoms with van der Waals surface area (Å²) >= 11 is 16.2. The molecule has 2 atom stereocenters. The van der Waals surface area contributed by atoms with Gasteiger partial charge in [-0.05, 0) is 0 Å². The van der Waals surface area contributed by atoms with Gasteiger partial charge in [-0.25, -0.2) is 0 Å². The lowest BCUT2D eigenvalue weighted by molar-refractivity contribution is 0.0411. The van der Waals surface area contributed by atoms with Crippen molar-refractivity contribution in [3.8, 4) is 0 Å². The van der Waals surface area contributed by atoms with Crippen LogP contribution in [-0.4, -0.2) is 35.6 Å². The van der Waals surface area contributed by atoms with Gasteiger partial charge in [-0.2, -0.15) is 25.3 Å². The van der Waals surface area contributed by atoms with Crippen LogP contribution < -0.4 is 0 Å². The van der Waals surface area contributed by atoms with E-state index in [9.17, 15) is 0 Å². The molecule has 0 aliphatic heterocycles. The van der Waals surface area contributed by atoms with Gasteiger partial charge in [0.2, 0.25) is 0 Å². The van der Waals surface area contributed by atoms with Crippen molar-refractivity contribution in [2.45, 2.75) is 10.9 Å². The maximum Gasteiger partial charge on any atom is 0.109 e. The molecule has 0 N–H and O–H groups in total. The molecule has 0 radical (unpaired) electrons. The van der Waals surface area contributed by atoms with E-state index < -0.39 is 0 Å². The Bertz CT molecular complexity index is 91.5. The van der Waals surface area contributed by atoms with Crippen molar-refractivity contribution in [1.82, 2.24) is 0 Å². The van der Waals surface area contributed by atoms with E-state index in [4.69, 9.17) is 9.47 Å². The first-order valence-electron chi connectivity index (χ1n) is 3.51. The molecule has 0 bridgehead atoms. The minimum absolute atomic E-state index is 0.119. The molecule has 0 heterocycles. The molecule has 0 aliphatic rings. The quantitative estimate of drug-likeness (QED) is 0.309. The Kier molecular flexibility index (Phi) is 9.88. The summed E-state index contributed by atoms with van der Waals surface area (Å²) in [5, 5.41) is 0. The third-order valence-electron chi connectivity index (χ3n) is 1.02. The summed E-state index contributed by atoms with van der Waals surface area (Å²) in [5.41, 5.74) is -0.238. The smallest absolute Gasteiger partial charge is 0.109 e. The van der Waals surface area contributed by atoms with E-state index in [0.29, 0.717) is 24.7 Å². The van der Waals surface area contributed by atoms with Gasteiger partial charge in [0.05, 0.1) is 13.2 Å². The van der Waals surface area contributed by atoms with Gasteiger partial charge in [-0.1, -0.05) is 0 Å². The van der Waals surface area contributed by atoms with Gasteiger partial charge in [0, 0.05) is 11.5 Å². The van der Waals surface area contributed by atoms with Crippen LogP contribution in [0.3, 0.4) is 0 Å². The maximum absolute atomic E-state index is 5.19. The number of rotatable bonds is 7. The average molecular weight is 246 g/mol. The molecule has 2 nitrogen and oxygen atoms in total. The van der Waals surface area contributed by atoms with E-state index in [1.165, 1.54) is 0 Å². The topological polar surface area (TPSA) is 18.5 Å². The van der Waals surface area contributed by atoms with Gasteiger partial charge in [-0.3, -0.25) is 0 Å². The van der Waals surface area contributed by atoms with Crippen LogP contribution in [0.2, 0.25) is 0 Å². The minimum Gasteiger partial charge on any atom is -0.365 e. The third kappa shape index (κ3) is 7.94. The predicted molar refractivity (Wildman–Crippen MR) is 65.2 cm³/mol. The molecular weight excluding hydrogens is 232 g/mol. The van der Waals surface area contributed by atoms with E-state index in [2.05, 4.69) is 50.5 Å². The molecule has 12 heavy (non-hydrogen) atoms. The van der Waals surface area contributed by atoms with Crippen molar-refractivity contribution in [1.29, 1.82) is 0 Å². The van der Waals surface area contributed by atoms with Gasteiger partial charge < -0.3 is 9.47 Å². The molecule has 0 aromatic heterocycles. The van der Waals surface area contributed by atoms with Crippen LogP contribution in [0.1, 0.15) is 0 Å². The lowest BCUT2D eigenvalue weighted by atomic mass is 10.7. The Balaban J connectivity index is 3.10. The van der Waals surface area contributed by atoms with Gasteiger partial charge in [-0.15, -0.1) is 25.3 Å². The van der Waals surface area contributed by atoms with E-state index in [1.54, 1.807) is 0 Å². The fourth-order valence-electron chi connectivity index (χ4n) is 0.474. The van der Waals surface area contributed by atoms with Gasteiger partial charge in [0.15, 0.2) is 0 Å². The van der Waals surface area contributed by atoms with E-state index >= 15 is 0 Å². The highest BCUT2D eigenvalue weighted by molar-refractivity contribution is 7.84. The SMILES string of the molecule is SCC(S)OCCOC(S)CS. The second kappa shape index (κ2) is 8.90. The molecule has 0 saturated heterocycles. The highest BCUT2D eigenvalue weighted by atomic mass is 32.1. The summed E-state index contributed by atoms with van der Waals surface area (Å²) in [6.45, 7) is 1.03. The summed E-state index contributed by atoms with van der Waals surface area (Å²) in [4.78, 5) is 0. The lowest BCUT2D eigenvalue weighted by Gasteiger charge is -2.11. The van der Waals surface area contributed by atoms with Crippen molar-refractivity contribution < 1.29 is 9.47 Å². The molecule has 2 unspecified atom stereocenters. The zero-order chi connectivity index (χ0) is 9.40. The van der Waals surface area contributed by atoms with Crippen molar-refractivity contribution in [2.24, 2.45) is 0 Å². The van der Waals surface area contributed by atoms with Crippen molar-refractivity contribution in [2.75, 3.05) is 24.7 Å². The maximum atomic E-state index is 5.19. The van der Waals surface area contributed by atoms with Crippen molar-refractivity contribution >= 4 is 50.5 Å². The fraction of sp³-hybridized carbons (Fsp3) is 1.00. The Morgan fingerprint density at radius 1 is 0.833 bits per heavy atom. The molecule has 0 fully saturated rings. The number of thiol groups is 4. The molecule has 0 aliphatic carbocycles. The number of ether oxygens (including phenoxy) is 2. The summed E-state index contributed by atoms with van der Waals surface area (Å²) < 4.78 is 10.4. The third-order valence-corrected chi connectivity index (χ3v) is 2.92. The number of hydrogen-bond acceptors (Lipinski definition) is 6. The highest BCUT2D eigenvalue weighted by Crippen LogP contribution is 2.02. The van der Waals surface area contributed by atoms with Crippen LogP contribution in [-0.2, 0) is 9.47 Å². The second-order valence-electron chi connectivity index (χ2n) is 2.02. The first kappa shape index (κ1) is 13.3. The predicted octanol–water partition coefficient (Wildman–Crippen LogP) is 1.39. The highest BCUT2D eigenvalue weighted by Gasteiger charge is 2.01. The van der Waals surface area contributed by atoms with E-state index in [0.717, 1.165) is 0 Å². The molecular formula is C6H14O2S4. The molecule has 6 heteroatoms. The van der Waals surface area contributed by atoms with Crippen molar-refractivity contribution in [3.05, 3.63) is 0 Å². The summed E-state index contributed by atoms with van der Waals surface area (Å²) in [6, 6.07) is 0. The molecule has 0 amide bonds. The Hall–Kier alpha value is 1.32. The first-order chi connectivity index (χ1) is 5.70. The Labute approximate surface area is 95.4 Å². The fourth-order valence-corrected chi connectivity index (χ4v) is 0.895. The largest absolute Gasteiger partial charge is 0.365 e. The molecule has 0 saturated carbocycles. The molecule has 0 aromatic rings. The first-order valence-corrected chi connectivity index (χ1v) is 5.81. The van der Waals surface area contributed by atoms with Crippen LogP contribution >= 0.6 is 50.5 Å². The summed E-state index contributed by atoms with van der Waals surface area (Å²) in [7, 11) is 0. The second-order valence-corrected chi connectivity index (χ2v) is 3.90. The van der Waals surface area contributed by atoms with Crippen LogP contribution in [0.15, 0.2) is 0 Å². The van der Waals surface area contributed by atoms with Crippen molar-refractivity contribution in [3.63, 3.8) is 0 Å². The standard InChI is InChI=1S/C6H14O2S4/c9-3-5(11)7-1-2-8-6(12)4-10/h5-6,9-12H,1-4H2. The summed E-state index contributed by atoms with van der Waals surface area (Å²) in [6.07, 6.45) is 0. The zero-order valence-electron chi connectivity index (χ0n) is 6.59. The van der Waals surface area contributed by atoms with Gasteiger partial charge in [0.25, 0.3) is 0 Å². The minimum atomic E-state index is -0.119. The molecule has 0 rings (SSSR count). The van der Waals surface area contributed by atoms with Crippen LogP contribution in [0.4, 0.5) is 0 Å². The van der Waals surface area contributed by atoms with Gasteiger partial charge >= 0.3 is 0 Å². The molecule has 74 valence electrons. The van der Waals surface area contributed by atoms with E-state index in [-0.39, 0.29) is 10.9 Å².